The van der Waals surface area contributed by atoms with E-state index in [1.807, 2.05) is 11.8 Å². The molecule has 0 saturated carbocycles. The molecular weight excluding hydrogens is 354 g/mol. The molecule has 3 heterocycles. The molecule has 0 unspecified atom stereocenters. The highest BCUT2D eigenvalue weighted by atomic mass is 16.2. The van der Waals surface area contributed by atoms with E-state index >= 15 is 0 Å². The third kappa shape index (κ3) is 3.95. The zero-order valence-corrected chi connectivity index (χ0v) is 18.0. The summed E-state index contributed by atoms with van der Waals surface area (Å²) in [6, 6.07) is -0.0871. The number of likely N-dealkylation sites (tertiary alicyclic amines) is 1. The fraction of sp³-hybridized carbons (Fsp3) is 0.762. The van der Waals surface area contributed by atoms with Crippen LogP contribution in [0.2, 0.25) is 0 Å². The van der Waals surface area contributed by atoms with Crippen LogP contribution in [0.5, 0.6) is 0 Å². The van der Waals surface area contributed by atoms with E-state index < -0.39 is 5.54 Å². The molecular formula is C21H35N5O2. The first-order chi connectivity index (χ1) is 13.2. The molecule has 0 bridgehead atoms. The minimum absolute atomic E-state index is 0.0190. The zero-order chi connectivity index (χ0) is 20.5. The van der Waals surface area contributed by atoms with Gasteiger partial charge in [0.2, 0.25) is 0 Å². The van der Waals surface area contributed by atoms with Crippen molar-refractivity contribution < 1.29 is 9.59 Å². The first-order valence-corrected chi connectivity index (χ1v) is 10.6. The van der Waals surface area contributed by atoms with Crippen molar-refractivity contribution in [3.63, 3.8) is 0 Å². The Bertz CT molecular complexity index is 703. The second-order valence-electron chi connectivity index (χ2n) is 9.21. The fourth-order valence-corrected chi connectivity index (χ4v) is 4.33. The molecule has 7 heteroatoms. The third-order valence-electron chi connectivity index (χ3n) is 6.09. The molecule has 2 aliphatic heterocycles. The summed E-state index contributed by atoms with van der Waals surface area (Å²) < 4.78 is 0. The maximum absolute atomic E-state index is 13.4. The lowest BCUT2D eigenvalue weighted by Gasteiger charge is -2.42. The van der Waals surface area contributed by atoms with Crippen LogP contribution < -0.4 is 0 Å². The number of hydrogen-bond acceptors (Lipinski definition) is 4. The van der Waals surface area contributed by atoms with Crippen molar-refractivity contribution in [1.29, 1.82) is 0 Å². The van der Waals surface area contributed by atoms with E-state index in [4.69, 9.17) is 0 Å². The number of imide groups is 1. The summed E-state index contributed by atoms with van der Waals surface area (Å²) in [4.78, 5) is 39.8. The molecule has 2 saturated heterocycles. The van der Waals surface area contributed by atoms with Crippen LogP contribution in [0.3, 0.4) is 0 Å². The SMILES string of the molecule is Cc1[nH]cnc1CN1CCC2(CC1)C(=O)N(CC(C)C)C(=O)N2CCC(C)C. The number of piperidine rings is 1. The van der Waals surface area contributed by atoms with Gasteiger partial charge in [-0.05, 0) is 38.0 Å². The molecule has 28 heavy (non-hydrogen) atoms. The Morgan fingerprint density at radius 3 is 2.36 bits per heavy atom. The Morgan fingerprint density at radius 1 is 1.14 bits per heavy atom. The van der Waals surface area contributed by atoms with Gasteiger partial charge in [-0.15, -0.1) is 0 Å². The standard InChI is InChI=1S/C21H35N5O2/c1-15(2)6-9-26-20(28)25(12-16(3)4)19(27)21(26)7-10-24(11-8-21)13-18-17(5)22-14-23-18/h14-16H,6-13H2,1-5H3,(H,22,23). The summed E-state index contributed by atoms with van der Waals surface area (Å²) >= 11 is 0. The number of aromatic nitrogens is 2. The third-order valence-corrected chi connectivity index (χ3v) is 6.09. The number of aryl methyl sites for hydroxylation is 1. The molecule has 7 nitrogen and oxygen atoms in total. The maximum Gasteiger partial charge on any atom is 0.327 e. The Morgan fingerprint density at radius 2 is 1.82 bits per heavy atom. The molecule has 3 rings (SSSR count). The Kier molecular flexibility index (Phi) is 6.12. The van der Waals surface area contributed by atoms with Gasteiger partial charge in [0, 0.05) is 38.4 Å². The van der Waals surface area contributed by atoms with Gasteiger partial charge in [0.25, 0.3) is 5.91 Å². The van der Waals surface area contributed by atoms with E-state index in [1.165, 1.54) is 4.90 Å². The van der Waals surface area contributed by atoms with Crippen LogP contribution >= 0.6 is 0 Å². The minimum Gasteiger partial charge on any atom is -0.348 e. The van der Waals surface area contributed by atoms with Gasteiger partial charge in [0.15, 0.2) is 0 Å². The van der Waals surface area contributed by atoms with Gasteiger partial charge in [0.1, 0.15) is 5.54 Å². The molecule has 1 aromatic rings. The molecule has 0 atom stereocenters. The number of hydrogen-bond donors (Lipinski definition) is 1. The molecule has 0 radical (unpaired) electrons. The number of H-pyrrole nitrogens is 1. The molecule has 2 aliphatic rings. The molecule has 156 valence electrons. The fourth-order valence-electron chi connectivity index (χ4n) is 4.33. The van der Waals surface area contributed by atoms with Gasteiger partial charge >= 0.3 is 6.03 Å². The number of nitrogens with one attached hydrogen (secondary N) is 1. The van der Waals surface area contributed by atoms with Crippen molar-refractivity contribution >= 4 is 11.9 Å². The van der Waals surface area contributed by atoms with Crippen LogP contribution in [0.4, 0.5) is 4.79 Å². The second-order valence-corrected chi connectivity index (χ2v) is 9.21. The lowest BCUT2D eigenvalue weighted by Crippen LogP contribution is -2.56. The highest BCUT2D eigenvalue weighted by Crippen LogP contribution is 2.38. The molecule has 3 amide bonds. The first kappa shape index (κ1) is 20.8. The van der Waals surface area contributed by atoms with Crippen molar-refractivity contribution in [2.45, 2.75) is 66.0 Å². The molecule has 1 N–H and O–H groups in total. The van der Waals surface area contributed by atoms with Crippen molar-refractivity contribution in [2.24, 2.45) is 11.8 Å². The second kappa shape index (κ2) is 8.23. The van der Waals surface area contributed by atoms with E-state index in [1.54, 1.807) is 6.33 Å². The average Bonchev–Trinajstić information content (AvgIpc) is 3.11. The van der Waals surface area contributed by atoms with Crippen molar-refractivity contribution in [3.05, 3.63) is 17.7 Å². The van der Waals surface area contributed by atoms with Crippen LogP contribution in [0.25, 0.3) is 0 Å². The summed E-state index contributed by atoms with van der Waals surface area (Å²) in [5.41, 5.74) is 1.50. The Hall–Kier alpha value is -1.89. The molecule has 0 aromatic carbocycles. The number of nitrogens with zero attached hydrogens (tertiary/aromatic N) is 4. The quantitative estimate of drug-likeness (QED) is 0.728. The van der Waals surface area contributed by atoms with E-state index in [2.05, 4.69) is 42.6 Å². The number of rotatable bonds is 7. The predicted molar refractivity (Wildman–Crippen MR) is 109 cm³/mol. The highest BCUT2D eigenvalue weighted by Gasteiger charge is 2.57. The number of carbonyl (C=O) groups is 2. The first-order valence-electron chi connectivity index (χ1n) is 10.6. The number of imidazole rings is 1. The smallest absolute Gasteiger partial charge is 0.327 e. The number of urea groups is 1. The van der Waals surface area contributed by atoms with E-state index in [0.29, 0.717) is 31.8 Å². The normalized spacial score (nSPS) is 20.4. The summed E-state index contributed by atoms with van der Waals surface area (Å²) in [5, 5.41) is 0. The van der Waals surface area contributed by atoms with Crippen molar-refractivity contribution in [3.8, 4) is 0 Å². The lowest BCUT2D eigenvalue weighted by molar-refractivity contribution is -0.136. The van der Waals surface area contributed by atoms with E-state index in [9.17, 15) is 9.59 Å². The summed E-state index contributed by atoms with van der Waals surface area (Å²) in [5.74, 6) is 0.796. The Balaban J connectivity index is 1.75. The molecule has 2 fully saturated rings. The largest absolute Gasteiger partial charge is 0.348 e. The van der Waals surface area contributed by atoms with Gasteiger partial charge in [-0.25, -0.2) is 9.78 Å². The summed E-state index contributed by atoms with van der Waals surface area (Å²) in [6.07, 6.45) is 4.06. The van der Waals surface area contributed by atoms with E-state index in [0.717, 1.165) is 37.4 Å². The Labute approximate surface area is 168 Å². The number of carbonyl (C=O) groups excluding carboxylic acids is 2. The van der Waals surface area contributed by atoms with Gasteiger partial charge in [0.05, 0.1) is 12.0 Å². The number of amides is 3. The van der Waals surface area contributed by atoms with Gasteiger partial charge in [-0.2, -0.15) is 0 Å². The van der Waals surface area contributed by atoms with Gasteiger partial charge in [-0.3, -0.25) is 14.6 Å². The van der Waals surface area contributed by atoms with Crippen LogP contribution in [-0.4, -0.2) is 68.3 Å². The topological polar surface area (TPSA) is 72.5 Å². The summed E-state index contributed by atoms with van der Waals surface area (Å²) in [6.45, 7) is 14.0. The maximum atomic E-state index is 13.4. The molecule has 1 aromatic heterocycles. The minimum atomic E-state index is -0.655. The van der Waals surface area contributed by atoms with Crippen LogP contribution in [0.1, 0.15) is 58.3 Å². The van der Waals surface area contributed by atoms with Crippen LogP contribution in [0.15, 0.2) is 6.33 Å². The predicted octanol–water partition coefficient (Wildman–Crippen LogP) is 3.02. The van der Waals surface area contributed by atoms with Crippen molar-refractivity contribution in [2.75, 3.05) is 26.2 Å². The highest BCUT2D eigenvalue weighted by molar-refractivity contribution is 6.07. The van der Waals surface area contributed by atoms with Crippen LogP contribution in [0, 0.1) is 18.8 Å². The monoisotopic (exact) mass is 389 g/mol. The number of aromatic amines is 1. The van der Waals surface area contributed by atoms with Crippen LogP contribution in [-0.2, 0) is 11.3 Å². The van der Waals surface area contributed by atoms with E-state index in [-0.39, 0.29) is 17.9 Å². The van der Waals surface area contributed by atoms with Gasteiger partial charge < -0.3 is 9.88 Å². The average molecular weight is 390 g/mol. The molecule has 0 aliphatic carbocycles. The van der Waals surface area contributed by atoms with Gasteiger partial charge in [-0.1, -0.05) is 27.7 Å². The zero-order valence-electron chi connectivity index (χ0n) is 18.0. The summed E-state index contributed by atoms with van der Waals surface area (Å²) in [7, 11) is 0. The molecule has 1 spiro atoms. The van der Waals surface area contributed by atoms with Crippen molar-refractivity contribution in [1.82, 2.24) is 24.7 Å². The lowest BCUT2D eigenvalue weighted by atomic mass is 9.85.